The monoisotopic (exact) mass is 362 g/mol. The summed E-state index contributed by atoms with van der Waals surface area (Å²) in [6.07, 6.45) is 0. The second-order valence-electron chi connectivity index (χ2n) is 5.17. The Kier molecular flexibility index (Phi) is 4.39. The van der Waals surface area contributed by atoms with Crippen LogP contribution in [0.4, 0.5) is 14.6 Å². The minimum atomic E-state index is -0.795. The van der Waals surface area contributed by atoms with E-state index < -0.39 is 17.5 Å². The number of halogens is 2. The molecule has 2 heterocycles. The number of carbonyl (C=O) groups excluding carboxylic acids is 1. The molecule has 0 radical (unpaired) electrons. The highest BCUT2D eigenvalue weighted by atomic mass is 19.1. The number of hydrogen-bond acceptors (Lipinski definition) is 8. The standard InChI is InChI=1S/C14H12F2N8O2/c1-6(9-4-3-8(15)5-10(9)16)18-20-14(25)11-7(2)24(23-19-11)13-12(17)21-26-22-13/h3-5H,1-2H3,(H2,17,21)(H,20,25). The van der Waals surface area contributed by atoms with Gasteiger partial charge in [-0.05, 0) is 36.3 Å². The molecule has 12 heteroatoms. The van der Waals surface area contributed by atoms with Gasteiger partial charge in [-0.2, -0.15) is 9.78 Å². The van der Waals surface area contributed by atoms with Gasteiger partial charge in [0, 0.05) is 11.6 Å². The fourth-order valence-electron chi connectivity index (χ4n) is 2.11. The van der Waals surface area contributed by atoms with Crippen molar-refractivity contribution in [1.82, 2.24) is 30.7 Å². The number of anilines is 1. The summed E-state index contributed by atoms with van der Waals surface area (Å²) in [7, 11) is 0. The lowest BCUT2D eigenvalue weighted by Crippen LogP contribution is -2.21. The van der Waals surface area contributed by atoms with Gasteiger partial charge in [-0.15, -0.1) is 5.10 Å². The molecular weight excluding hydrogens is 350 g/mol. The molecule has 2 aromatic heterocycles. The van der Waals surface area contributed by atoms with Crippen molar-refractivity contribution >= 4 is 17.4 Å². The Bertz CT molecular complexity index is 1010. The summed E-state index contributed by atoms with van der Waals surface area (Å²) in [4.78, 5) is 12.2. The summed E-state index contributed by atoms with van der Waals surface area (Å²) < 4.78 is 32.3. The van der Waals surface area contributed by atoms with Crippen LogP contribution >= 0.6 is 0 Å². The van der Waals surface area contributed by atoms with Crippen molar-refractivity contribution in [3.63, 3.8) is 0 Å². The maximum atomic E-state index is 13.7. The van der Waals surface area contributed by atoms with Crippen LogP contribution in [0.15, 0.2) is 27.9 Å². The van der Waals surface area contributed by atoms with Crippen LogP contribution in [0, 0.1) is 18.6 Å². The van der Waals surface area contributed by atoms with Gasteiger partial charge in [0.05, 0.1) is 11.4 Å². The van der Waals surface area contributed by atoms with Crippen LogP contribution in [0.3, 0.4) is 0 Å². The first-order valence-corrected chi connectivity index (χ1v) is 7.19. The highest BCUT2D eigenvalue weighted by Gasteiger charge is 2.20. The van der Waals surface area contributed by atoms with Crippen LogP contribution in [0.2, 0.25) is 0 Å². The molecule has 0 bridgehead atoms. The largest absolute Gasteiger partial charge is 0.378 e. The zero-order valence-electron chi connectivity index (χ0n) is 13.6. The number of aromatic nitrogens is 5. The molecule has 0 spiro atoms. The first-order chi connectivity index (χ1) is 12.4. The maximum absolute atomic E-state index is 13.7. The molecule has 134 valence electrons. The molecule has 26 heavy (non-hydrogen) atoms. The van der Waals surface area contributed by atoms with Gasteiger partial charge >= 0.3 is 0 Å². The third-order valence-corrected chi connectivity index (χ3v) is 3.45. The quantitative estimate of drug-likeness (QED) is 0.521. The molecule has 3 N–H and O–H groups in total. The van der Waals surface area contributed by atoms with Crippen LogP contribution < -0.4 is 11.2 Å². The average molecular weight is 362 g/mol. The summed E-state index contributed by atoms with van der Waals surface area (Å²) in [5.74, 6) is -2.13. The van der Waals surface area contributed by atoms with E-state index in [2.05, 4.69) is 35.8 Å². The Hall–Kier alpha value is -3.70. The van der Waals surface area contributed by atoms with Crippen molar-refractivity contribution in [1.29, 1.82) is 0 Å². The number of benzene rings is 1. The number of nitrogen functional groups attached to an aromatic ring is 1. The molecule has 1 aromatic carbocycles. The number of rotatable bonds is 4. The predicted molar refractivity (Wildman–Crippen MR) is 84.4 cm³/mol. The van der Waals surface area contributed by atoms with E-state index in [0.29, 0.717) is 5.69 Å². The van der Waals surface area contributed by atoms with Crippen LogP contribution in [0.5, 0.6) is 0 Å². The Morgan fingerprint density at radius 3 is 2.77 bits per heavy atom. The third-order valence-electron chi connectivity index (χ3n) is 3.45. The molecule has 0 unspecified atom stereocenters. The van der Waals surface area contributed by atoms with Crippen LogP contribution in [-0.4, -0.2) is 36.9 Å². The first kappa shape index (κ1) is 17.1. The minimum Gasteiger partial charge on any atom is -0.378 e. The molecule has 3 aromatic rings. The molecule has 0 saturated heterocycles. The van der Waals surface area contributed by atoms with Gasteiger partial charge in [0.15, 0.2) is 5.69 Å². The number of carbonyl (C=O) groups is 1. The highest BCUT2D eigenvalue weighted by molar-refractivity contribution is 6.00. The smallest absolute Gasteiger partial charge is 0.293 e. The lowest BCUT2D eigenvalue weighted by molar-refractivity contribution is 0.0949. The van der Waals surface area contributed by atoms with E-state index in [1.54, 1.807) is 6.92 Å². The zero-order valence-corrected chi connectivity index (χ0v) is 13.6. The van der Waals surface area contributed by atoms with E-state index in [1.165, 1.54) is 17.7 Å². The Morgan fingerprint density at radius 1 is 1.35 bits per heavy atom. The van der Waals surface area contributed by atoms with E-state index in [1.807, 2.05) is 0 Å². The second kappa shape index (κ2) is 6.66. The van der Waals surface area contributed by atoms with Crippen molar-refractivity contribution in [2.45, 2.75) is 13.8 Å². The van der Waals surface area contributed by atoms with Gasteiger partial charge in [-0.1, -0.05) is 5.21 Å². The van der Waals surface area contributed by atoms with Crippen LogP contribution in [0.1, 0.15) is 28.7 Å². The van der Waals surface area contributed by atoms with Crippen molar-refractivity contribution in [2.75, 3.05) is 5.73 Å². The normalized spacial score (nSPS) is 11.6. The van der Waals surface area contributed by atoms with E-state index in [9.17, 15) is 13.6 Å². The molecule has 0 aliphatic rings. The number of nitrogens with two attached hydrogens (primary N) is 1. The second-order valence-corrected chi connectivity index (χ2v) is 5.17. The fourth-order valence-corrected chi connectivity index (χ4v) is 2.11. The van der Waals surface area contributed by atoms with Crippen molar-refractivity contribution in [2.24, 2.45) is 5.10 Å². The minimum absolute atomic E-state index is 0.0226. The van der Waals surface area contributed by atoms with Crippen molar-refractivity contribution in [3.05, 3.63) is 46.8 Å². The molecule has 0 aliphatic carbocycles. The summed E-state index contributed by atoms with van der Waals surface area (Å²) in [6, 6.07) is 3.03. The Balaban J connectivity index is 1.80. The van der Waals surface area contributed by atoms with Gasteiger partial charge in [-0.3, -0.25) is 4.79 Å². The lowest BCUT2D eigenvalue weighted by atomic mass is 10.1. The average Bonchev–Trinajstić information content (AvgIpc) is 3.17. The number of hydrazone groups is 1. The topological polar surface area (TPSA) is 137 Å². The Morgan fingerprint density at radius 2 is 2.12 bits per heavy atom. The molecule has 1 amide bonds. The van der Waals surface area contributed by atoms with Crippen molar-refractivity contribution < 1.29 is 18.2 Å². The van der Waals surface area contributed by atoms with E-state index >= 15 is 0 Å². The van der Waals surface area contributed by atoms with E-state index in [0.717, 1.165) is 12.1 Å². The van der Waals surface area contributed by atoms with E-state index in [4.69, 9.17) is 5.73 Å². The van der Waals surface area contributed by atoms with Gasteiger partial charge in [-0.25, -0.2) is 18.8 Å². The fraction of sp³-hybridized carbons (Fsp3) is 0.143. The Labute approximate surface area is 144 Å². The predicted octanol–water partition coefficient (Wildman–Crippen LogP) is 0.973. The molecule has 0 atom stereocenters. The number of nitrogens with zero attached hydrogens (tertiary/aromatic N) is 6. The summed E-state index contributed by atoms with van der Waals surface area (Å²) in [5.41, 5.74) is 8.26. The molecule has 0 saturated carbocycles. The number of nitrogens with one attached hydrogen (secondary N) is 1. The van der Waals surface area contributed by atoms with Gasteiger partial charge in [0.2, 0.25) is 11.6 Å². The lowest BCUT2D eigenvalue weighted by Gasteiger charge is -2.04. The third kappa shape index (κ3) is 3.11. The number of amides is 1. The highest BCUT2D eigenvalue weighted by Crippen LogP contribution is 2.15. The number of hydrogen-bond donors (Lipinski definition) is 2. The molecule has 3 rings (SSSR count). The van der Waals surface area contributed by atoms with Crippen LogP contribution in [0.25, 0.3) is 5.82 Å². The maximum Gasteiger partial charge on any atom is 0.293 e. The molecule has 10 nitrogen and oxygen atoms in total. The summed E-state index contributed by atoms with van der Waals surface area (Å²) in [6.45, 7) is 3.02. The van der Waals surface area contributed by atoms with E-state index in [-0.39, 0.29) is 28.6 Å². The van der Waals surface area contributed by atoms with Gasteiger partial charge in [0.1, 0.15) is 11.6 Å². The summed E-state index contributed by atoms with van der Waals surface area (Å²) >= 11 is 0. The zero-order chi connectivity index (χ0) is 18.8. The SMILES string of the molecule is CC(=NNC(=O)c1nnn(-c2nonc2N)c1C)c1ccc(F)cc1F. The first-order valence-electron chi connectivity index (χ1n) is 7.19. The van der Waals surface area contributed by atoms with Gasteiger partial charge < -0.3 is 5.73 Å². The van der Waals surface area contributed by atoms with Gasteiger partial charge in [0.25, 0.3) is 5.91 Å². The molecule has 0 aliphatic heterocycles. The van der Waals surface area contributed by atoms with Crippen LogP contribution in [-0.2, 0) is 0 Å². The molecule has 0 fully saturated rings. The molecular formula is C14H12F2N8O2. The summed E-state index contributed by atoms with van der Waals surface area (Å²) in [5, 5.41) is 18.3. The van der Waals surface area contributed by atoms with Crippen molar-refractivity contribution in [3.8, 4) is 5.82 Å².